The highest BCUT2D eigenvalue weighted by Gasteiger charge is 2.01. The van der Waals surface area contributed by atoms with Gasteiger partial charge in [0.2, 0.25) is 0 Å². The molecule has 2 heteroatoms. The first-order valence-corrected chi connectivity index (χ1v) is 4.02. The standard InChI is InChI=1S/C9H14N2/c1-4-5-9-7(2)10-6-11-8(9)3/h6H,4-5H2,1-3H3. The van der Waals surface area contributed by atoms with Gasteiger partial charge in [0.25, 0.3) is 0 Å². The van der Waals surface area contributed by atoms with Gasteiger partial charge in [-0.05, 0) is 25.8 Å². The summed E-state index contributed by atoms with van der Waals surface area (Å²) in [5, 5.41) is 0. The normalized spacial score (nSPS) is 10.1. The number of hydrogen-bond donors (Lipinski definition) is 0. The molecular weight excluding hydrogens is 136 g/mol. The Labute approximate surface area is 67.7 Å². The van der Waals surface area contributed by atoms with E-state index in [1.165, 1.54) is 5.56 Å². The first kappa shape index (κ1) is 8.18. The second kappa shape index (κ2) is 3.46. The summed E-state index contributed by atoms with van der Waals surface area (Å²) < 4.78 is 0. The molecule has 0 saturated heterocycles. The van der Waals surface area contributed by atoms with Crippen molar-refractivity contribution in [2.24, 2.45) is 0 Å². The molecule has 0 N–H and O–H groups in total. The van der Waals surface area contributed by atoms with Crippen molar-refractivity contribution in [1.82, 2.24) is 9.97 Å². The van der Waals surface area contributed by atoms with Crippen molar-refractivity contribution in [2.75, 3.05) is 0 Å². The predicted octanol–water partition coefficient (Wildman–Crippen LogP) is 2.05. The van der Waals surface area contributed by atoms with Gasteiger partial charge in [0.1, 0.15) is 6.33 Å². The zero-order valence-corrected chi connectivity index (χ0v) is 7.39. The number of rotatable bonds is 2. The number of nitrogens with zero attached hydrogens (tertiary/aromatic N) is 2. The summed E-state index contributed by atoms with van der Waals surface area (Å²) in [7, 11) is 0. The van der Waals surface area contributed by atoms with E-state index >= 15 is 0 Å². The van der Waals surface area contributed by atoms with E-state index in [0.29, 0.717) is 0 Å². The van der Waals surface area contributed by atoms with Gasteiger partial charge in [-0.1, -0.05) is 13.3 Å². The van der Waals surface area contributed by atoms with Gasteiger partial charge < -0.3 is 0 Å². The van der Waals surface area contributed by atoms with E-state index in [-0.39, 0.29) is 0 Å². The smallest absolute Gasteiger partial charge is 0.115 e. The van der Waals surface area contributed by atoms with Gasteiger partial charge >= 0.3 is 0 Å². The fourth-order valence-corrected chi connectivity index (χ4v) is 1.23. The molecule has 1 aromatic heterocycles. The van der Waals surface area contributed by atoms with E-state index in [1.54, 1.807) is 6.33 Å². The molecule has 0 fully saturated rings. The number of aromatic nitrogens is 2. The monoisotopic (exact) mass is 150 g/mol. The Morgan fingerprint density at radius 2 is 1.73 bits per heavy atom. The first-order valence-electron chi connectivity index (χ1n) is 4.02. The zero-order valence-electron chi connectivity index (χ0n) is 7.39. The van der Waals surface area contributed by atoms with Crippen LogP contribution in [0, 0.1) is 13.8 Å². The molecule has 0 unspecified atom stereocenters. The molecule has 0 spiro atoms. The van der Waals surface area contributed by atoms with Crippen LogP contribution in [0.4, 0.5) is 0 Å². The Kier molecular flexibility index (Phi) is 2.58. The summed E-state index contributed by atoms with van der Waals surface area (Å²) in [6.07, 6.45) is 3.89. The second-order valence-electron chi connectivity index (χ2n) is 2.77. The van der Waals surface area contributed by atoms with Crippen molar-refractivity contribution < 1.29 is 0 Å². The molecular formula is C9H14N2. The molecule has 0 aliphatic rings. The molecule has 60 valence electrons. The summed E-state index contributed by atoms with van der Waals surface area (Å²) >= 11 is 0. The van der Waals surface area contributed by atoms with E-state index in [1.807, 2.05) is 13.8 Å². The number of aryl methyl sites for hydroxylation is 2. The van der Waals surface area contributed by atoms with Gasteiger partial charge in [0.15, 0.2) is 0 Å². The highest BCUT2D eigenvalue weighted by atomic mass is 14.8. The third-order valence-electron chi connectivity index (χ3n) is 1.88. The molecule has 0 bridgehead atoms. The molecule has 0 aromatic carbocycles. The van der Waals surface area contributed by atoms with Crippen LogP contribution in [0.3, 0.4) is 0 Å². The third kappa shape index (κ3) is 1.76. The Hall–Kier alpha value is -0.920. The first-order chi connectivity index (χ1) is 5.25. The summed E-state index contributed by atoms with van der Waals surface area (Å²) in [5.41, 5.74) is 3.56. The Morgan fingerprint density at radius 3 is 2.18 bits per heavy atom. The van der Waals surface area contributed by atoms with Gasteiger partial charge in [-0.3, -0.25) is 0 Å². The molecule has 1 heterocycles. The van der Waals surface area contributed by atoms with E-state index in [4.69, 9.17) is 0 Å². The van der Waals surface area contributed by atoms with Crippen molar-refractivity contribution in [3.05, 3.63) is 23.3 Å². The van der Waals surface area contributed by atoms with Crippen LogP contribution in [0.1, 0.15) is 30.3 Å². The van der Waals surface area contributed by atoms with E-state index in [2.05, 4.69) is 16.9 Å². The lowest BCUT2D eigenvalue weighted by Gasteiger charge is -2.04. The predicted molar refractivity (Wildman–Crippen MR) is 45.5 cm³/mol. The lowest BCUT2D eigenvalue weighted by molar-refractivity contribution is 0.864. The van der Waals surface area contributed by atoms with E-state index in [0.717, 1.165) is 24.2 Å². The fourth-order valence-electron chi connectivity index (χ4n) is 1.23. The van der Waals surface area contributed by atoms with Crippen LogP contribution < -0.4 is 0 Å². The summed E-state index contributed by atoms with van der Waals surface area (Å²) in [6.45, 7) is 6.26. The molecule has 0 saturated carbocycles. The van der Waals surface area contributed by atoms with Crippen molar-refractivity contribution in [3.63, 3.8) is 0 Å². The van der Waals surface area contributed by atoms with Crippen molar-refractivity contribution in [3.8, 4) is 0 Å². The maximum atomic E-state index is 4.15. The van der Waals surface area contributed by atoms with Crippen molar-refractivity contribution in [1.29, 1.82) is 0 Å². The third-order valence-corrected chi connectivity index (χ3v) is 1.88. The van der Waals surface area contributed by atoms with Crippen LogP contribution in [0.25, 0.3) is 0 Å². The molecule has 11 heavy (non-hydrogen) atoms. The maximum Gasteiger partial charge on any atom is 0.115 e. The van der Waals surface area contributed by atoms with Gasteiger partial charge in [0, 0.05) is 11.4 Å². The summed E-state index contributed by atoms with van der Waals surface area (Å²) in [6, 6.07) is 0. The van der Waals surface area contributed by atoms with Crippen LogP contribution in [-0.2, 0) is 6.42 Å². The van der Waals surface area contributed by atoms with Crippen LogP contribution in [0.2, 0.25) is 0 Å². The fraction of sp³-hybridized carbons (Fsp3) is 0.556. The highest BCUT2D eigenvalue weighted by Crippen LogP contribution is 2.09. The summed E-state index contributed by atoms with van der Waals surface area (Å²) in [4.78, 5) is 8.29. The zero-order chi connectivity index (χ0) is 8.27. The van der Waals surface area contributed by atoms with Crippen LogP contribution >= 0.6 is 0 Å². The minimum atomic E-state index is 1.10. The minimum absolute atomic E-state index is 1.10. The largest absolute Gasteiger partial charge is 0.241 e. The van der Waals surface area contributed by atoms with Crippen LogP contribution in [0.15, 0.2) is 6.33 Å². The lowest BCUT2D eigenvalue weighted by atomic mass is 10.1. The van der Waals surface area contributed by atoms with Crippen LogP contribution in [-0.4, -0.2) is 9.97 Å². The highest BCUT2D eigenvalue weighted by molar-refractivity contribution is 5.22. The van der Waals surface area contributed by atoms with Crippen LogP contribution in [0.5, 0.6) is 0 Å². The maximum absolute atomic E-state index is 4.15. The SMILES string of the molecule is CCCc1c(C)ncnc1C. The van der Waals surface area contributed by atoms with E-state index < -0.39 is 0 Å². The van der Waals surface area contributed by atoms with Gasteiger partial charge in [-0.25, -0.2) is 9.97 Å². The molecule has 1 aromatic rings. The molecule has 2 nitrogen and oxygen atoms in total. The Balaban J connectivity index is 3.00. The Bertz CT molecular complexity index is 223. The molecule has 0 aliphatic heterocycles. The molecule has 0 radical (unpaired) electrons. The quantitative estimate of drug-likeness (QED) is 0.644. The van der Waals surface area contributed by atoms with Gasteiger partial charge in [-0.15, -0.1) is 0 Å². The summed E-state index contributed by atoms with van der Waals surface area (Å²) in [5.74, 6) is 0. The van der Waals surface area contributed by atoms with Crippen molar-refractivity contribution in [2.45, 2.75) is 33.6 Å². The second-order valence-corrected chi connectivity index (χ2v) is 2.77. The topological polar surface area (TPSA) is 25.8 Å². The average Bonchev–Trinajstić information content (AvgIpc) is 1.97. The molecule has 0 amide bonds. The Morgan fingerprint density at radius 1 is 1.18 bits per heavy atom. The number of hydrogen-bond acceptors (Lipinski definition) is 2. The lowest BCUT2D eigenvalue weighted by Crippen LogP contribution is -1.98. The van der Waals surface area contributed by atoms with Gasteiger partial charge in [0.05, 0.1) is 0 Å². The van der Waals surface area contributed by atoms with Crippen molar-refractivity contribution >= 4 is 0 Å². The minimum Gasteiger partial charge on any atom is -0.241 e. The molecule has 0 aliphatic carbocycles. The molecule has 1 rings (SSSR count). The van der Waals surface area contributed by atoms with E-state index in [9.17, 15) is 0 Å². The average molecular weight is 150 g/mol. The van der Waals surface area contributed by atoms with Gasteiger partial charge in [-0.2, -0.15) is 0 Å². The molecule has 0 atom stereocenters.